The zero-order chi connectivity index (χ0) is 23.3. The predicted octanol–water partition coefficient (Wildman–Crippen LogP) is 8.22. The fourth-order valence-corrected chi connectivity index (χ4v) is 2.69. The van der Waals surface area contributed by atoms with Crippen LogP contribution in [0.4, 0.5) is 0 Å². The van der Waals surface area contributed by atoms with Crippen LogP contribution in [0.2, 0.25) is 0 Å². The number of rotatable bonds is 5. The molecule has 0 atom stereocenters. The Morgan fingerprint density at radius 2 is 1.28 bits per heavy atom. The van der Waals surface area contributed by atoms with Crippen molar-refractivity contribution in [2.24, 2.45) is 0 Å². The van der Waals surface area contributed by atoms with Crippen molar-refractivity contribution in [1.29, 1.82) is 0 Å². The third kappa shape index (κ3) is 19.7. The summed E-state index contributed by atoms with van der Waals surface area (Å²) in [5, 5.41) is 0. The molecule has 0 amide bonds. The first-order valence-electron chi connectivity index (χ1n) is 10.8. The van der Waals surface area contributed by atoms with Crippen LogP contribution in [0.1, 0.15) is 56.5 Å². The second-order valence-electron chi connectivity index (χ2n) is 6.77. The van der Waals surface area contributed by atoms with Gasteiger partial charge in [-0.3, -0.25) is 9.97 Å². The minimum Gasteiger partial charge on any atom is -0.343 e. The average Bonchev–Trinajstić information content (AvgIpc) is 2.82. The van der Waals surface area contributed by atoms with Crippen LogP contribution in [-0.2, 0) is 5.75 Å². The third-order valence-corrected chi connectivity index (χ3v) is 5.05. The van der Waals surface area contributed by atoms with Crippen LogP contribution >= 0.6 is 24.4 Å². The topological polar surface area (TPSA) is 25.8 Å². The Morgan fingerprint density at radius 3 is 1.66 bits per heavy atom. The predicted molar refractivity (Wildman–Crippen MR) is 147 cm³/mol. The quantitative estimate of drug-likeness (QED) is 0.173. The summed E-state index contributed by atoms with van der Waals surface area (Å²) in [4.78, 5) is 10.4. The molecule has 0 saturated heterocycles. The summed E-state index contributed by atoms with van der Waals surface area (Å²) in [5.41, 5.74) is 3.45. The molecule has 2 nitrogen and oxygen atoms in total. The van der Waals surface area contributed by atoms with E-state index in [1.165, 1.54) is 23.3 Å². The molecule has 0 bridgehead atoms. The van der Waals surface area contributed by atoms with Crippen molar-refractivity contribution in [3.63, 3.8) is 0 Å². The van der Waals surface area contributed by atoms with Crippen molar-refractivity contribution in [2.45, 2.75) is 68.9 Å². The van der Waals surface area contributed by atoms with Gasteiger partial charge in [0.15, 0.2) is 0 Å². The van der Waals surface area contributed by atoms with E-state index < -0.39 is 0 Å². The maximum Gasteiger partial charge on any atom is 2.00 e. The maximum absolute atomic E-state index is 4.27. The number of hydrogen-bond donors (Lipinski definition) is 1. The molecule has 2 aromatic heterocycles. The van der Waals surface area contributed by atoms with Crippen LogP contribution in [0.5, 0.6) is 0 Å². The molecule has 2 heterocycles. The number of hydrogen-bond acceptors (Lipinski definition) is 4. The molecule has 0 unspecified atom stereocenters. The second-order valence-corrected chi connectivity index (χ2v) is 8.34. The van der Waals surface area contributed by atoms with Gasteiger partial charge in [0.2, 0.25) is 0 Å². The molecule has 1 aromatic carbocycles. The minimum atomic E-state index is 0. The van der Waals surface area contributed by atoms with Gasteiger partial charge in [-0.1, -0.05) is 57.0 Å². The zero-order valence-electron chi connectivity index (χ0n) is 20.3. The average molecular weight is 479 g/mol. The normalized spacial score (nSPS) is 8.97. The van der Waals surface area contributed by atoms with Crippen LogP contribution in [0, 0.1) is 27.7 Å². The minimum absolute atomic E-state index is 0. The first kappa shape index (κ1) is 33.2. The van der Waals surface area contributed by atoms with Crippen LogP contribution in [-0.4, -0.2) is 33.0 Å². The molecule has 0 spiro atoms. The number of thiol groups is 1. The Hall–Kier alpha value is -1.01. The fourth-order valence-electron chi connectivity index (χ4n) is 1.74. The summed E-state index contributed by atoms with van der Waals surface area (Å²) in [6, 6.07) is 18.5. The summed E-state index contributed by atoms with van der Waals surface area (Å²) < 4.78 is 0. The molecule has 0 saturated carbocycles. The maximum atomic E-state index is 4.27. The largest absolute Gasteiger partial charge is 2.00 e. The van der Waals surface area contributed by atoms with E-state index in [9.17, 15) is 0 Å². The molecule has 3 rings (SSSR count). The molecular weight excluding hydrogens is 441 g/mol. The smallest absolute Gasteiger partial charge is 0.343 e. The van der Waals surface area contributed by atoms with Crippen LogP contribution in [0.25, 0.3) is 0 Å². The molecule has 32 heavy (non-hydrogen) atoms. The Labute approximate surface area is 223 Å². The van der Waals surface area contributed by atoms with Crippen molar-refractivity contribution in [3.8, 4) is 0 Å². The summed E-state index contributed by atoms with van der Waals surface area (Å²) in [6.07, 6.45) is 8.22. The first-order chi connectivity index (χ1) is 15.0. The van der Waals surface area contributed by atoms with Gasteiger partial charge in [0, 0.05) is 39.3 Å². The monoisotopic (exact) mass is 478 g/mol. The molecule has 0 N–H and O–H groups in total. The molecular formula is C27H38MgN2S2. The van der Waals surface area contributed by atoms with E-state index in [2.05, 4.69) is 80.6 Å². The van der Waals surface area contributed by atoms with Crippen LogP contribution in [0.15, 0.2) is 76.8 Å². The van der Waals surface area contributed by atoms with Crippen LogP contribution in [0.3, 0.4) is 0 Å². The van der Waals surface area contributed by atoms with Gasteiger partial charge >= 0.3 is 23.1 Å². The molecule has 170 valence electrons. The Kier molecular flexibility index (Phi) is 24.0. The van der Waals surface area contributed by atoms with Gasteiger partial charge in [0.05, 0.1) is 0 Å². The number of thioether (sulfide) groups is 1. The van der Waals surface area contributed by atoms with Crippen molar-refractivity contribution in [1.82, 2.24) is 9.97 Å². The number of unbranched alkanes of at least 4 members (excludes halogenated alkanes) is 2. The summed E-state index contributed by atoms with van der Waals surface area (Å²) in [6.45, 7) is 15.4. The molecule has 0 aliphatic carbocycles. The van der Waals surface area contributed by atoms with E-state index in [1.807, 2.05) is 56.1 Å². The molecule has 0 radical (unpaired) electrons. The molecule has 5 heteroatoms. The summed E-state index contributed by atoms with van der Waals surface area (Å²) >= 11 is 5.89. The fraction of sp³-hybridized carbons (Fsp3) is 0.333. The second kappa shape index (κ2) is 23.2. The van der Waals surface area contributed by atoms with Crippen molar-refractivity contribution in [2.75, 3.05) is 0 Å². The van der Waals surface area contributed by atoms with Gasteiger partial charge in [-0.25, -0.2) is 0 Å². The van der Waals surface area contributed by atoms with E-state index in [1.54, 1.807) is 6.20 Å². The van der Waals surface area contributed by atoms with Crippen molar-refractivity contribution < 1.29 is 0 Å². The van der Waals surface area contributed by atoms with E-state index in [4.69, 9.17) is 0 Å². The number of aryl methyl sites for hydroxylation is 2. The number of benzene rings is 1. The van der Waals surface area contributed by atoms with Gasteiger partial charge in [0.25, 0.3) is 0 Å². The number of aromatic nitrogens is 2. The van der Waals surface area contributed by atoms with Gasteiger partial charge < -0.3 is 13.8 Å². The molecule has 0 fully saturated rings. The summed E-state index contributed by atoms with van der Waals surface area (Å²) in [7, 11) is 0. The standard InChI is InChI=1S/C13H13NS.C6H7NS.2C4H9.Mg/c1-11-7-8-13(9-14-11)15-10-12-5-3-2-4-6-12;1-5-2-3-6(8)4-7-5;2*1-3-4-2;/h2-9H,10H2,1H3;2-4,8H,1H3;2*1,3-4H2,2H3;/q;;2*-1;+2. The SMILES string of the molecule is Cc1ccc(S)cn1.Cc1ccc(SCc2ccccc2)cn1.[CH2-]CCC.[CH2-]CCC.[Mg+2]. The van der Waals surface area contributed by atoms with E-state index >= 15 is 0 Å². The Bertz CT molecular complexity index is 735. The molecule has 0 aliphatic rings. The van der Waals surface area contributed by atoms with E-state index in [0.717, 1.165) is 34.9 Å². The van der Waals surface area contributed by atoms with Gasteiger partial charge in [0.1, 0.15) is 0 Å². The van der Waals surface area contributed by atoms with Crippen LogP contribution < -0.4 is 0 Å². The van der Waals surface area contributed by atoms with E-state index in [-0.39, 0.29) is 23.1 Å². The van der Waals surface area contributed by atoms with Gasteiger partial charge in [-0.15, -0.1) is 24.4 Å². The molecule has 3 aromatic rings. The van der Waals surface area contributed by atoms with E-state index in [0.29, 0.717) is 0 Å². The number of pyridine rings is 2. The Balaban J connectivity index is 0. The summed E-state index contributed by atoms with van der Waals surface area (Å²) in [5.74, 6) is 1.01. The number of nitrogens with zero attached hydrogens (tertiary/aromatic N) is 2. The zero-order valence-corrected chi connectivity index (χ0v) is 23.4. The van der Waals surface area contributed by atoms with Gasteiger partial charge in [-0.2, -0.15) is 12.8 Å². The van der Waals surface area contributed by atoms with Crippen molar-refractivity contribution >= 4 is 47.4 Å². The third-order valence-electron chi connectivity index (χ3n) is 3.74. The van der Waals surface area contributed by atoms with Crippen molar-refractivity contribution in [3.05, 3.63) is 97.8 Å². The molecule has 0 aliphatic heterocycles. The van der Waals surface area contributed by atoms with Gasteiger partial charge in [-0.05, 0) is 43.7 Å². The first-order valence-corrected chi connectivity index (χ1v) is 12.2. The Morgan fingerprint density at radius 1 is 0.781 bits per heavy atom.